The maximum absolute atomic E-state index is 11.4. The fraction of sp³-hybridized carbons (Fsp3) is 0.143. The molecule has 1 aromatic carbocycles. The molecule has 0 atom stereocenters. The lowest BCUT2D eigenvalue weighted by molar-refractivity contribution is 0.0694. The molecule has 0 aliphatic rings. The minimum atomic E-state index is -1.34. The Morgan fingerprint density at radius 1 is 1.20 bits per heavy atom. The minimum absolute atomic E-state index is 0.422. The quantitative estimate of drug-likeness (QED) is 0.824. The van der Waals surface area contributed by atoms with Crippen molar-refractivity contribution >= 4 is 17.7 Å². The van der Waals surface area contributed by atoms with E-state index in [0.29, 0.717) is 12.3 Å². The molecule has 1 aromatic heterocycles. The van der Waals surface area contributed by atoms with Crippen LogP contribution in [0, 0.1) is 0 Å². The van der Waals surface area contributed by atoms with E-state index < -0.39 is 22.7 Å². The monoisotopic (exact) mass is 291 g/mol. The van der Waals surface area contributed by atoms with Crippen LogP contribution < -0.4 is 5.43 Å². The Hall–Kier alpha value is -2.21. The number of carboxylic acid groups (broad SMARTS) is 1. The van der Waals surface area contributed by atoms with Crippen LogP contribution in [0.1, 0.15) is 10.4 Å². The molecule has 0 spiro atoms. The van der Waals surface area contributed by atoms with Crippen molar-refractivity contribution in [2.24, 2.45) is 0 Å². The molecule has 20 heavy (non-hydrogen) atoms. The Kier molecular flexibility index (Phi) is 4.47. The molecule has 0 aliphatic carbocycles. The Balaban J connectivity index is 2.07. The molecule has 0 saturated carbocycles. The first-order chi connectivity index (χ1) is 9.58. The number of hydrogen-bond donors (Lipinski definition) is 2. The minimum Gasteiger partial charge on any atom is -0.503 e. The maximum atomic E-state index is 11.4. The normalized spacial score (nSPS) is 10.4. The van der Waals surface area contributed by atoms with Gasteiger partial charge >= 0.3 is 5.97 Å². The number of aromatic hydroxyl groups is 1. The zero-order chi connectivity index (χ0) is 14.5. The molecule has 1 heterocycles. The summed E-state index contributed by atoms with van der Waals surface area (Å²) in [5.41, 5.74) is -1.28. The second kappa shape index (κ2) is 6.29. The van der Waals surface area contributed by atoms with Gasteiger partial charge in [0.1, 0.15) is 5.56 Å². The van der Waals surface area contributed by atoms with Crippen molar-refractivity contribution in [3.63, 3.8) is 0 Å². The summed E-state index contributed by atoms with van der Waals surface area (Å²) in [7, 11) is 0. The van der Waals surface area contributed by atoms with Crippen LogP contribution in [0.15, 0.2) is 52.4 Å². The second-order valence-electron chi connectivity index (χ2n) is 4.09. The molecule has 0 radical (unpaired) electrons. The van der Waals surface area contributed by atoms with Crippen LogP contribution in [0.25, 0.3) is 0 Å². The van der Waals surface area contributed by atoms with Gasteiger partial charge in [-0.2, -0.15) is 0 Å². The number of carboxylic acids is 1. The largest absolute Gasteiger partial charge is 0.503 e. The molecule has 6 heteroatoms. The third-order valence-electron chi connectivity index (χ3n) is 2.65. The van der Waals surface area contributed by atoms with E-state index in [4.69, 9.17) is 5.11 Å². The summed E-state index contributed by atoms with van der Waals surface area (Å²) < 4.78 is 1.51. The molecule has 2 aromatic rings. The smallest absolute Gasteiger partial charge is 0.341 e. The summed E-state index contributed by atoms with van der Waals surface area (Å²) in [4.78, 5) is 23.4. The van der Waals surface area contributed by atoms with Crippen molar-refractivity contribution in [2.45, 2.75) is 11.4 Å². The average Bonchev–Trinajstić information content (AvgIpc) is 2.43. The summed E-state index contributed by atoms with van der Waals surface area (Å²) in [5.74, 6) is -1.18. The van der Waals surface area contributed by atoms with Gasteiger partial charge in [-0.1, -0.05) is 18.2 Å². The zero-order valence-corrected chi connectivity index (χ0v) is 11.3. The van der Waals surface area contributed by atoms with Gasteiger partial charge in [0.2, 0.25) is 5.43 Å². The van der Waals surface area contributed by atoms with Crippen LogP contribution in [0.3, 0.4) is 0 Å². The van der Waals surface area contributed by atoms with E-state index >= 15 is 0 Å². The number of nitrogens with zero attached hydrogens (tertiary/aromatic N) is 1. The Morgan fingerprint density at radius 2 is 1.90 bits per heavy atom. The Labute approximate surface area is 119 Å². The molecule has 0 saturated heterocycles. The number of aromatic nitrogens is 1. The molecule has 0 fully saturated rings. The molecule has 2 N–H and O–H groups in total. The van der Waals surface area contributed by atoms with E-state index in [2.05, 4.69) is 0 Å². The van der Waals surface area contributed by atoms with E-state index in [1.807, 2.05) is 30.3 Å². The molecular formula is C14H13NO4S. The first kappa shape index (κ1) is 14.2. The van der Waals surface area contributed by atoms with Crippen molar-refractivity contribution < 1.29 is 15.0 Å². The van der Waals surface area contributed by atoms with Crippen LogP contribution in [-0.4, -0.2) is 26.5 Å². The van der Waals surface area contributed by atoms with Gasteiger partial charge in [0.15, 0.2) is 5.75 Å². The van der Waals surface area contributed by atoms with E-state index in [1.54, 1.807) is 11.8 Å². The molecule has 0 bridgehead atoms. The number of carbonyl (C=O) groups is 1. The molecular weight excluding hydrogens is 278 g/mol. The van der Waals surface area contributed by atoms with Crippen LogP contribution in [0.2, 0.25) is 0 Å². The van der Waals surface area contributed by atoms with Crippen molar-refractivity contribution in [2.75, 3.05) is 5.75 Å². The number of hydrogen-bond acceptors (Lipinski definition) is 4. The van der Waals surface area contributed by atoms with E-state index in [9.17, 15) is 14.7 Å². The van der Waals surface area contributed by atoms with Crippen LogP contribution in [0.4, 0.5) is 0 Å². The van der Waals surface area contributed by atoms with Crippen LogP contribution in [-0.2, 0) is 6.54 Å². The molecule has 0 aliphatic heterocycles. The molecule has 0 unspecified atom stereocenters. The summed E-state index contributed by atoms with van der Waals surface area (Å²) in [6, 6.07) is 9.78. The maximum Gasteiger partial charge on any atom is 0.341 e. The van der Waals surface area contributed by atoms with Crippen molar-refractivity contribution in [1.29, 1.82) is 0 Å². The number of rotatable bonds is 5. The molecule has 104 valence electrons. The van der Waals surface area contributed by atoms with Gasteiger partial charge in [-0.25, -0.2) is 4.79 Å². The van der Waals surface area contributed by atoms with Gasteiger partial charge in [-0.3, -0.25) is 4.79 Å². The van der Waals surface area contributed by atoms with Crippen molar-refractivity contribution in [1.82, 2.24) is 4.57 Å². The zero-order valence-electron chi connectivity index (χ0n) is 10.5. The predicted molar refractivity (Wildman–Crippen MR) is 76.5 cm³/mol. The van der Waals surface area contributed by atoms with Gasteiger partial charge in [-0.15, -0.1) is 11.8 Å². The third-order valence-corrected chi connectivity index (χ3v) is 3.64. The SMILES string of the molecule is O=C(O)c1cn(CCSc2ccccc2)cc(O)c1=O. The highest BCUT2D eigenvalue weighted by atomic mass is 32.2. The highest BCUT2D eigenvalue weighted by Gasteiger charge is 2.12. The van der Waals surface area contributed by atoms with Crippen molar-refractivity contribution in [3.8, 4) is 5.75 Å². The highest BCUT2D eigenvalue weighted by molar-refractivity contribution is 7.99. The summed E-state index contributed by atoms with van der Waals surface area (Å²) in [5, 5.41) is 18.3. The molecule has 0 amide bonds. The number of aryl methyl sites for hydroxylation is 1. The van der Waals surface area contributed by atoms with Crippen LogP contribution >= 0.6 is 11.8 Å². The van der Waals surface area contributed by atoms with E-state index in [0.717, 1.165) is 4.90 Å². The summed E-state index contributed by atoms with van der Waals surface area (Å²) >= 11 is 1.61. The highest BCUT2D eigenvalue weighted by Crippen LogP contribution is 2.17. The van der Waals surface area contributed by atoms with Gasteiger partial charge in [0, 0.05) is 29.6 Å². The molecule has 5 nitrogen and oxygen atoms in total. The van der Waals surface area contributed by atoms with Gasteiger partial charge in [0.05, 0.1) is 0 Å². The first-order valence-electron chi connectivity index (χ1n) is 5.92. The number of benzene rings is 1. The lowest BCUT2D eigenvalue weighted by Crippen LogP contribution is -2.17. The number of thioether (sulfide) groups is 1. The third kappa shape index (κ3) is 3.42. The standard InChI is InChI=1S/C14H13NO4S/c16-12-9-15(8-11(13(12)17)14(18)19)6-7-20-10-4-2-1-3-5-10/h1-5,8-9,16H,6-7H2,(H,18,19). The predicted octanol–water partition coefficient (Wildman–Crippen LogP) is 2.04. The Bertz CT molecular complexity index is 667. The van der Waals surface area contributed by atoms with E-state index in [-0.39, 0.29) is 0 Å². The van der Waals surface area contributed by atoms with Gasteiger partial charge < -0.3 is 14.8 Å². The molecule has 2 rings (SSSR count). The van der Waals surface area contributed by atoms with E-state index in [1.165, 1.54) is 17.0 Å². The fourth-order valence-electron chi connectivity index (χ4n) is 1.68. The van der Waals surface area contributed by atoms with Gasteiger partial charge in [-0.05, 0) is 12.1 Å². The Morgan fingerprint density at radius 3 is 2.55 bits per heavy atom. The fourth-order valence-corrected chi connectivity index (χ4v) is 2.57. The van der Waals surface area contributed by atoms with Crippen LogP contribution in [0.5, 0.6) is 5.75 Å². The summed E-state index contributed by atoms with van der Waals surface area (Å²) in [6.45, 7) is 0.494. The number of pyridine rings is 1. The second-order valence-corrected chi connectivity index (χ2v) is 5.26. The topological polar surface area (TPSA) is 79.5 Å². The van der Waals surface area contributed by atoms with Gasteiger partial charge in [0.25, 0.3) is 0 Å². The lowest BCUT2D eigenvalue weighted by atomic mass is 10.2. The average molecular weight is 291 g/mol. The lowest BCUT2D eigenvalue weighted by Gasteiger charge is -2.08. The van der Waals surface area contributed by atoms with Crippen molar-refractivity contribution in [3.05, 3.63) is 58.5 Å². The number of aromatic carboxylic acids is 1. The summed E-state index contributed by atoms with van der Waals surface area (Å²) in [6.07, 6.45) is 2.50. The first-order valence-corrected chi connectivity index (χ1v) is 6.90.